The Bertz CT molecular complexity index is 179. The van der Waals surface area contributed by atoms with Crippen LogP contribution < -0.4 is 0 Å². The third kappa shape index (κ3) is 3.69. The van der Waals surface area contributed by atoms with Crippen LogP contribution in [-0.4, -0.2) is 51.4 Å². The van der Waals surface area contributed by atoms with Crippen LogP contribution in [0.2, 0.25) is 0 Å². The molecule has 0 aliphatic heterocycles. The molecule has 0 fully saturated rings. The Morgan fingerprint density at radius 2 is 1.80 bits per heavy atom. The van der Waals surface area contributed by atoms with Crippen LogP contribution >= 0.6 is 0 Å². The summed E-state index contributed by atoms with van der Waals surface area (Å²) in [5.74, 6) is 0. The summed E-state index contributed by atoms with van der Waals surface area (Å²) in [6, 6.07) is 10.3. The van der Waals surface area contributed by atoms with E-state index in [0.717, 1.165) is 6.42 Å². The van der Waals surface area contributed by atoms with Gasteiger partial charge in [0.25, 0.3) is 0 Å². The molecule has 0 unspecified atom stereocenters. The summed E-state index contributed by atoms with van der Waals surface area (Å²) < 4.78 is 0. The molecule has 0 aromatic heterocycles. The molecule has 48 valence electrons. The van der Waals surface area contributed by atoms with Gasteiger partial charge in [-0.3, -0.25) is 0 Å². The van der Waals surface area contributed by atoms with Crippen molar-refractivity contribution >= 4 is 51.4 Å². The topological polar surface area (TPSA) is 0 Å². The molecule has 0 spiro atoms. The van der Waals surface area contributed by atoms with Crippen LogP contribution in [0.5, 0.6) is 0 Å². The standard InChI is InChI=1S/C9H10.K.H/c1-2-6-9-7-4-3-5-8-9;;/h2-5,7-8H,1,6H2;;. The maximum atomic E-state index is 3.66. The van der Waals surface area contributed by atoms with Crippen LogP contribution in [0, 0.1) is 0 Å². The molecule has 0 amide bonds. The molecule has 0 bridgehead atoms. The van der Waals surface area contributed by atoms with Gasteiger partial charge < -0.3 is 0 Å². The average Bonchev–Trinajstić information content (AvgIpc) is 1.91. The van der Waals surface area contributed by atoms with E-state index in [1.54, 1.807) is 0 Å². The van der Waals surface area contributed by atoms with Gasteiger partial charge in [-0.2, -0.15) is 0 Å². The molecule has 1 heteroatoms. The summed E-state index contributed by atoms with van der Waals surface area (Å²) in [5.41, 5.74) is 1.33. The molecule has 0 radical (unpaired) electrons. The Morgan fingerprint density at radius 3 is 2.30 bits per heavy atom. The number of rotatable bonds is 2. The van der Waals surface area contributed by atoms with Gasteiger partial charge >= 0.3 is 51.4 Å². The van der Waals surface area contributed by atoms with Gasteiger partial charge in [-0.1, -0.05) is 36.4 Å². The maximum absolute atomic E-state index is 3.66. The predicted octanol–water partition coefficient (Wildman–Crippen LogP) is 1.77. The van der Waals surface area contributed by atoms with Gasteiger partial charge in [0.2, 0.25) is 0 Å². The minimum atomic E-state index is 0. The summed E-state index contributed by atoms with van der Waals surface area (Å²) in [7, 11) is 0. The zero-order valence-electron chi connectivity index (χ0n) is 5.38. The van der Waals surface area contributed by atoms with Crippen molar-refractivity contribution < 1.29 is 0 Å². The Kier molecular flexibility index (Phi) is 6.69. The zero-order valence-corrected chi connectivity index (χ0v) is 5.38. The summed E-state index contributed by atoms with van der Waals surface area (Å²) in [5, 5.41) is 0. The SMILES string of the molecule is C=CCc1ccccc1.[KH]. The Labute approximate surface area is 105 Å². The van der Waals surface area contributed by atoms with Crippen molar-refractivity contribution in [2.75, 3.05) is 0 Å². The van der Waals surface area contributed by atoms with Gasteiger partial charge in [-0.05, 0) is 12.0 Å². The van der Waals surface area contributed by atoms with E-state index in [0.29, 0.717) is 0 Å². The molecule has 0 heterocycles. The van der Waals surface area contributed by atoms with E-state index in [1.165, 1.54) is 5.56 Å². The first-order chi connectivity index (χ1) is 4.43. The van der Waals surface area contributed by atoms with Crippen LogP contribution in [0.25, 0.3) is 0 Å². The van der Waals surface area contributed by atoms with Gasteiger partial charge in [0, 0.05) is 0 Å². The first-order valence-electron chi connectivity index (χ1n) is 3.08. The van der Waals surface area contributed by atoms with E-state index >= 15 is 0 Å². The van der Waals surface area contributed by atoms with Crippen molar-refractivity contribution in [2.24, 2.45) is 0 Å². The summed E-state index contributed by atoms with van der Waals surface area (Å²) >= 11 is 0. The number of hydrogen-bond donors (Lipinski definition) is 0. The van der Waals surface area contributed by atoms with Crippen LogP contribution in [0.3, 0.4) is 0 Å². The van der Waals surface area contributed by atoms with E-state index in [1.807, 2.05) is 24.3 Å². The second-order valence-electron chi connectivity index (χ2n) is 1.98. The second kappa shape index (κ2) is 6.32. The van der Waals surface area contributed by atoms with Crippen molar-refractivity contribution in [3.63, 3.8) is 0 Å². The Balaban J connectivity index is 0.000000810. The molecule has 0 saturated heterocycles. The van der Waals surface area contributed by atoms with Gasteiger partial charge in [-0.25, -0.2) is 0 Å². The van der Waals surface area contributed by atoms with E-state index < -0.39 is 0 Å². The molecular formula is C9H11K. The summed E-state index contributed by atoms with van der Waals surface area (Å²) in [6.07, 6.45) is 2.89. The Morgan fingerprint density at radius 1 is 1.20 bits per heavy atom. The summed E-state index contributed by atoms with van der Waals surface area (Å²) in [4.78, 5) is 0. The van der Waals surface area contributed by atoms with Crippen molar-refractivity contribution in [2.45, 2.75) is 6.42 Å². The Hall–Kier alpha value is 0.596. The molecule has 1 rings (SSSR count). The van der Waals surface area contributed by atoms with Crippen LogP contribution in [0.4, 0.5) is 0 Å². The monoisotopic (exact) mass is 158 g/mol. The molecule has 0 aliphatic carbocycles. The van der Waals surface area contributed by atoms with Gasteiger partial charge in [0.05, 0.1) is 0 Å². The van der Waals surface area contributed by atoms with Crippen molar-refractivity contribution in [1.82, 2.24) is 0 Å². The van der Waals surface area contributed by atoms with E-state index in [9.17, 15) is 0 Å². The number of hydrogen-bond acceptors (Lipinski definition) is 0. The van der Waals surface area contributed by atoms with Crippen LogP contribution in [-0.2, 0) is 6.42 Å². The molecule has 1 aromatic rings. The fourth-order valence-corrected chi connectivity index (χ4v) is 0.781. The average molecular weight is 158 g/mol. The van der Waals surface area contributed by atoms with Crippen molar-refractivity contribution in [3.05, 3.63) is 48.6 Å². The molecule has 0 saturated carbocycles. The third-order valence-electron chi connectivity index (χ3n) is 1.22. The molecule has 0 N–H and O–H groups in total. The van der Waals surface area contributed by atoms with E-state index in [2.05, 4.69) is 18.7 Å². The van der Waals surface area contributed by atoms with Crippen LogP contribution in [0.1, 0.15) is 5.56 Å². The van der Waals surface area contributed by atoms with E-state index in [4.69, 9.17) is 0 Å². The zero-order chi connectivity index (χ0) is 6.53. The van der Waals surface area contributed by atoms with Crippen LogP contribution in [0.15, 0.2) is 43.0 Å². The van der Waals surface area contributed by atoms with Crippen molar-refractivity contribution in [1.29, 1.82) is 0 Å². The molecule has 0 atom stereocenters. The molecule has 10 heavy (non-hydrogen) atoms. The first kappa shape index (κ1) is 10.6. The fourth-order valence-electron chi connectivity index (χ4n) is 0.781. The normalized spacial score (nSPS) is 8.00. The molecule has 0 aliphatic rings. The first-order valence-corrected chi connectivity index (χ1v) is 3.08. The molecular weight excluding hydrogens is 147 g/mol. The number of benzene rings is 1. The van der Waals surface area contributed by atoms with Gasteiger partial charge in [0.15, 0.2) is 0 Å². The third-order valence-corrected chi connectivity index (χ3v) is 1.22. The quantitative estimate of drug-likeness (QED) is 0.454. The summed E-state index contributed by atoms with van der Waals surface area (Å²) in [6.45, 7) is 3.66. The van der Waals surface area contributed by atoms with Gasteiger partial charge in [0.1, 0.15) is 0 Å². The minimum absolute atomic E-state index is 0. The van der Waals surface area contributed by atoms with Gasteiger partial charge in [-0.15, -0.1) is 6.58 Å². The molecule has 1 aromatic carbocycles. The molecule has 0 nitrogen and oxygen atoms in total. The van der Waals surface area contributed by atoms with Crippen molar-refractivity contribution in [3.8, 4) is 0 Å². The second-order valence-corrected chi connectivity index (χ2v) is 1.98. The number of allylic oxidation sites excluding steroid dienone is 1. The predicted molar refractivity (Wildman–Crippen MR) is 47.5 cm³/mol. The fraction of sp³-hybridized carbons (Fsp3) is 0.111. The van der Waals surface area contributed by atoms with E-state index in [-0.39, 0.29) is 51.4 Å².